The van der Waals surface area contributed by atoms with Crippen LogP contribution in [0.1, 0.15) is 44.0 Å². The van der Waals surface area contributed by atoms with E-state index in [4.69, 9.17) is 0 Å². The molecule has 138 valence electrons. The molecule has 0 atom stereocenters. The Kier molecular flexibility index (Phi) is 5.72. The van der Waals surface area contributed by atoms with Crippen LogP contribution in [0.2, 0.25) is 0 Å². The molecule has 0 saturated carbocycles. The number of anilines is 1. The summed E-state index contributed by atoms with van der Waals surface area (Å²) < 4.78 is 22.8. The molecule has 0 bridgehead atoms. The van der Waals surface area contributed by atoms with Crippen LogP contribution in [0.3, 0.4) is 0 Å². The van der Waals surface area contributed by atoms with E-state index in [1.807, 2.05) is 20.8 Å². The number of hydrogen-bond acceptors (Lipinski definition) is 4. The van der Waals surface area contributed by atoms with Crippen LogP contribution in [-0.2, 0) is 9.84 Å². The molecule has 3 amide bonds. The first kappa shape index (κ1) is 19.2. The minimum atomic E-state index is -2.96. The molecule has 1 aromatic rings. The number of carbonyl (C=O) groups is 2. The van der Waals surface area contributed by atoms with Crippen molar-refractivity contribution in [3.8, 4) is 0 Å². The number of benzene rings is 1. The highest BCUT2D eigenvalue weighted by molar-refractivity contribution is 7.91. The van der Waals surface area contributed by atoms with Crippen LogP contribution < -0.4 is 16.0 Å². The van der Waals surface area contributed by atoms with E-state index in [0.717, 1.165) is 0 Å². The van der Waals surface area contributed by atoms with Crippen molar-refractivity contribution in [2.45, 2.75) is 45.2 Å². The lowest BCUT2D eigenvalue weighted by molar-refractivity contribution is 0.0919. The maximum absolute atomic E-state index is 12.2. The fourth-order valence-electron chi connectivity index (χ4n) is 2.54. The van der Waals surface area contributed by atoms with Crippen LogP contribution in [0.4, 0.5) is 10.5 Å². The van der Waals surface area contributed by atoms with Gasteiger partial charge < -0.3 is 16.0 Å². The topological polar surface area (TPSA) is 104 Å². The monoisotopic (exact) mass is 367 g/mol. The highest BCUT2D eigenvalue weighted by atomic mass is 32.2. The van der Waals surface area contributed by atoms with E-state index in [2.05, 4.69) is 16.0 Å². The lowest BCUT2D eigenvalue weighted by Crippen LogP contribution is -2.42. The number of carbonyl (C=O) groups excluding carboxylic acids is 2. The van der Waals surface area contributed by atoms with Crippen molar-refractivity contribution in [1.29, 1.82) is 0 Å². The molecule has 0 spiro atoms. The molecule has 1 aliphatic rings. The number of sulfone groups is 1. The summed E-state index contributed by atoms with van der Waals surface area (Å²) in [4.78, 5) is 24.3. The Morgan fingerprint density at radius 2 is 1.76 bits per heavy atom. The summed E-state index contributed by atoms with van der Waals surface area (Å²) in [6, 6.07) is 6.11. The first-order chi connectivity index (χ1) is 11.5. The Hall–Kier alpha value is -2.09. The third kappa shape index (κ3) is 6.38. The average Bonchev–Trinajstić information content (AvgIpc) is 2.48. The van der Waals surface area contributed by atoms with Crippen LogP contribution >= 0.6 is 0 Å². The Morgan fingerprint density at radius 3 is 2.36 bits per heavy atom. The average molecular weight is 367 g/mol. The highest BCUT2D eigenvalue weighted by Crippen LogP contribution is 2.14. The van der Waals surface area contributed by atoms with Gasteiger partial charge in [-0.2, -0.15) is 0 Å². The second kappa shape index (κ2) is 7.43. The van der Waals surface area contributed by atoms with Gasteiger partial charge in [0.15, 0.2) is 0 Å². The number of amides is 3. The molecule has 0 aromatic heterocycles. The van der Waals surface area contributed by atoms with Gasteiger partial charge in [-0.05, 0) is 51.8 Å². The van der Waals surface area contributed by atoms with E-state index in [0.29, 0.717) is 24.1 Å². The Labute approximate surface area is 148 Å². The number of rotatable bonds is 3. The summed E-state index contributed by atoms with van der Waals surface area (Å²) in [6.07, 6.45) is 0.841. The Balaban J connectivity index is 1.93. The smallest absolute Gasteiger partial charge is 0.319 e. The SMILES string of the molecule is CC(C)(C)NC(=O)c1cccc(NC(=O)NC2CCS(=O)(=O)CC2)c1. The van der Waals surface area contributed by atoms with E-state index >= 15 is 0 Å². The minimum Gasteiger partial charge on any atom is -0.347 e. The van der Waals surface area contributed by atoms with Gasteiger partial charge in [-0.1, -0.05) is 6.07 Å². The second-order valence-corrected chi connectivity index (χ2v) is 9.61. The first-order valence-electron chi connectivity index (χ1n) is 8.25. The molecule has 2 rings (SSSR count). The molecule has 1 fully saturated rings. The van der Waals surface area contributed by atoms with Crippen LogP contribution in [0.25, 0.3) is 0 Å². The Bertz CT molecular complexity index is 739. The third-order valence-electron chi connectivity index (χ3n) is 3.76. The zero-order valence-corrected chi connectivity index (χ0v) is 15.6. The molecule has 0 unspecified atom stereocenters. The first-order valence-corrected chi connectivity index (χ1v) is 10.1. The summed E-state index contributed by atoms with van der Waals surface area (Å²) >= 11 is 0. The maximum Gasteiger partial charge on any atom is 0.319 e. The molecule has 8 heteroatoms. The number of hydrogen-bond donors (Lipinski definition) is 3. The molecule has 0 aliphatic carbocycles. The summed E-state index contributed by atoms with van der Waals surface area (Å²) in [6.45, 7) is 5.68. The summed E-state index contributed by atoms with van der Waals surface area (Å²) in [7, 11) is -2.96. The fraction of sp³-hybridized carbons (Fsp3) is 0.529. The third-order valence-corrected chi connectivity index (χ3v) is 5.48. The molecule has 0 radical (unpaired) electrons. The summed E-state index contributed by atoms with van der Waals surface area (Å²) in [5.41, 5.74) is 0.609. The normalized spacial score (nSPS) is 17.6. The van der Waals surface area contributed by atoms with E-state index in [1.54, 1.807) is 24.3 Å². The molecular weight excluding hydrogens is 342 g/mol. The largest absolute Gasteiger partial charge is 0.347 e. The van der Waals surface area contributed by atoms with Gasteiger partial charge in [-0.25, -0.2) is 13.2 Å². The number of nitrogens with one attached hydrogen (secondary N) is 3. The van der Waals surface area contributed by atoms with Crippen molar-refractivity contribution in [1.82, 2.24) is 10.6 Å². The summed E-state index contributed by atoms with van der Waals surface area (Å²) in [5, 5.41) is 8.33. The van der Waals surface area contributed by atoms with Gasteiger partial charge in [0.25, 0.3) is 5.91 Å². The zero-order valence-electron chi connectivity index (χ0n) is 14.8. The fourth-order valence-corrected chi connectivity index (χ4v) is 4.03. The van der Waals surface area contributed by atoms with Gasteiger partial charge in [0, 0.05) is 22.8 Å². The standard InChI is InChI=1S/C17H25N3O4S/c1-17(2,3)20-15(21)12-5-4-6-14(11-12)19-16(22)18-13-7-9-25(23,24)10-8-13/h4-6,11,13H,7-10H2,1-3H3,(H,20,21)(H2,18,19,22). The molecule has 25 heavy (non-hydrogen) atoms. The van der Waals surface area contributed by atoms with Crippen molar-refractivity contribution in [2.75, 3.05) is 16.8 Å². The van der Waals surface area contributed by atoms with Gasteiger partial charge >= 0.3 is 6.03 Å². The minimum absolute atomic E-state index is 0.0976. The molecule has 7 nitrogen and oxygen atoms in total. The number of urea groups is 1. The zero-order chi connectivity index (χ0) is 18.7. The van der Waals surface area contributed by atoms with Gasteiger partial charge in [-0.15, -0.1) is 0 Å². The van der Waals surface area contributed by atoms with Crippen molar-refractivity contribution < 1.29 is 18.0 Å². The van der Waals surface area contributed by atoms with Crippen molar-refractivity contribution >= 4 is 27.5 Å². The maximum atomic E-state index is 12.2. The molecule has 3 N–H and O–H groups in total. The predicted octanol–water partition coefficient (Wildman–Crippen LogP) is 1.91. The molecule has 1 aliphatic heterocycles. The second-order valence-electron chi connectivity index (χ2n) is 7.31. The van der Waals surface area contributed by atoms with E-state index < -0.39 is 15.9 Å². The lowest BCUT2D eigenvalue weighted by atomic mass is 10.1. The van der Waals surface area contributed by atoms with Crippen molar-refractivity contribution in [2.24, 2.45) is 0 Å². The van der Waals surface area contributed by atoms with E-state index in [-0.39, 0.29) is 29.0 Å². The quantitative estimate of drug-likeness (QED) is 0.759. The molecule has 1 saturated heterocycles. The van der Waals surface area contributed by atoms with Crippen LogP contribution in [0, 0.1) is 0 Å². The van der Waals surface area contributed by atoms with E-state index in [1.165, 1.54) is 0 Å². The highest BCUT2D eigenvalue weighted by Gasteiger charge is 2.24. The van der Waals surface area contributed by atoms with E-state index in [9.17, 15) is 18.0 Å². The van der Waals surface area contributed by atoms with Crippen molar-refractivity contribution in [3.63, 3.8) is 0 Å². The molecule has 1 heterocycles. The molecule has 1 aromatic carbocycles. The van der Waals surface area contributed by atoms with Crippen LogP contribution in [-0.4, -0.2) is 43.4 Å². The van der Waals surface area contributed by atoms with Crippen LogP contribution in [0.5, 0.6) is 0 Å². The Morgan fingerprint density at radius 1 is 1.12 bits per heavy atom. The molecular formula is C17H25N3O4S. The van der Waals surface area contributed by atoms with Gasteiger partial charge in [0.2, 0.25) is 0 Å². The summed E-state index contributed by atoms with van der Waals surface area (Å²) in [5.74, 6) is -0.0186. The van der Waals surface area contributed by atoms with Gasteiger partial charge in [0.1, 0.15) is 9.84 Å². The lowest BCUT2D eigenvalue weighted by Gasteiger charge is -2.23. The van der Waals surface area contributed by atoms with Gasteiger partial charge in [-0.3, -0.25) is 4.79 Å². The van der Waals surface area contributed by atoms with Crippen molar-refractivity contribution in [3.05, 3.63) is 29.8 Å². The van der Waals surface area contributed by atoms with Gasteiger partial charge in [0.05, 0.1) is 11.5 Å². The predicted molar refractivity (Wildman–Crippen MR) is 97.5 cm³/mol. The van der Waals surface area contributed by atoms with Crippen LogP contribution in [0.15, 0.2) is 24.3 Å².